The van der Waals surface area contributed by atoms with Crippen LogP contribution in [0.15, 0.2) is 78.9 Å². The third-order valence-corrected chi connectivity index (χ3v) is 6.56. The van der Waals surface area contributed by atoms with E-state index in [1.54, 1.807) is 24.3 Å². The van der Waals surface area contributed by atoms with Crippen LogP contribution in [0.2, 0.25) is 0 Å². The lowest BCUT2D eigenvalue weighted by Gasteiger charge is -2.30. The zero-order chi connectivity index (χ0) is 24.1. The number of carbonyl (C=O) groups is 1. The summed E-state index contributed by atoms with van der Waals surface area (Å²) in [5, 5.41) is 10.3. The van der Waals surface area contributed by atoms with Crippen LogP contribution in [0.1, 0.15) is 41.3 Å². The molecular formula is C29H33FN2O2. The fraction of sp³-hybridized carbons (Fsp3) is 0.345. The molecule has 0 aliphatic carbocycles. The minimum Gasteiger partial charge on any atom is -0.508 e. The Morgan fingerprint density at radius 1 is 1.00 bits per heavy atom. The highest BCUT2D eigenvalue weighted by molar-refractivity contribution is 5.94. The van der Waals surface area contributed by atoms with Gasteiger partial charge in [0.25, 0.3) is 5.91 Å². The summed E-state index contributed by atoms with van der Waals surface area (Å²) in [6.07, 6.45) is 0. The maximum atomic E-state index is 14.5. The summed E-state index contributed by atoms with van der Waals surface area (Å²) in [6, 6.07) is 24.1. The van der Waals surface area contributed by atoms with E-state index >= 15 is 0 Å². The number of amides is 1. The van der Waals surface area contributed by atoms with E-state index in [0.29, 0.717) is 25.4 Å². The molecule has 5 heteroatoms. The van der Waals surface area contributed by atoms with Gasteiger partial charge in [-0.05, 0) is 35.6 Å². The average molecular weight is 461 g/mol. The monoisotopic (exact) mass is 460 g/mol. The predicted molar refractivity (Wildman–Crippen MR) is 133 cm³/mol. The number of phenolic OH excluding ortho intramolecular Hbond substituents is 1. The summed E-state index contributed by atoms with van der Waals surface area (Å²) in [5.41, 5.74) is 2.27. The molecule has 2 atom stereocenters. The molecular weight excluding hydrogens is 427 g/mol. The molecule has 1 fully saturated rings. The topological polar surface area (TPSA) is 43.8 Å². The van der Waals surface area contributed by atoms with Gasteiger partial charge in [-0.1, -0.05) is 74.5 Å². The first-order valence-electron chi connectivity index (χ1n) is 12.0. The largest absolute Gasteiger partial charge is 0.508 e. The number of likely N-dealkylation sites (tertiary alicyclic amines) is 1. The first kappa shape index (κ1) is 24.0. The molecule has 3 aromatic rings. The number of nitrogens with zero attached hydrogens (tertiary/aromatic N) is 2. The molecule has 1 saturated heterocycles. The number of aromatic hydroxyl groups is 1. The second kappa shape index (κ2) is 10.8. The second-order valence-electron chi connectivity index (χ2n) is 9.68. The molecule has 0 saturated carbocycles. The molecule has 0 bridgehead atoms. The summed E-state index contributed by atoms with van der Waals surface area (Å²) >= 11 is 0. The van der Waals surface area contributed by atoms with Gasteiger partial charge < -0.3 is 10.0 Å². The van der Waals surface area contributed by atoms with Crippen LogP contribution < -0.4 is 0 Å². The third kappa shape index (κ3) is 5.65. The van der Waals surface area contributed by atoms with Crippen LogP contribution in [0.4, 0.5) is 4.39 Å². The van der Waals surface area contributed by atoms with E-state index in [0.717, 1.165) is 18.7 Å². The fourth-order valence-corrected chi connectivity index (χ4v) is 5.01. The van der Waals surface area contributed by atoms with Crippen molar-refractivity contribution in [1.29, 1.82) is 0 Å². The molecule has 0 unspecified atom stereocenters. The Labute approximate surface area is 201 Å². The van der Waals surface area contributed by atoms with Crippen molar-refractivity contribution in [3.63, 3.8) is 0 Å². The number of hydrogen-bond donors (Lipinski definition) is 1. The summed E-state index contributed by atoms with van der Waals surface area (Å²) in [5.74, 6) is 0.284. The Morgan fingerprint density at radius 3 is 2.38 bits per heavy atom. The molecule has 4 rings (SSSR count). The maximum Gasteiger partial charge on any atom is 0.256 e. The Bertz CT molecular complexity index is 1100. The maximum absolute atomic E-state index is 14.5. The number of para-hydroxylation sites is 1. The van der Waals surface area contributed by atoms with Gasteiger partial charge in [-0.2, -0.15) is 0 Å². The van der Waals surface area contributed by atoms with Crippen LogP contribution in [0.25, 0.3) is 0 Å². The summed E-state index contributed by atoms with van der Waals surface area (Å²) in [4.78, 5) is 17.6. The van der Waals surface area contributed by atoms with Crippen molar-refractivity contribution in [2.24, 2.45) is 11.8 Å². The molecule has 0 spiro atoms. The van der Waals surface area contributed by atoms with E-state index in [2.05, 4.69) is 43.0 Å². The molecule has 178 valence electrons. The SMILES string of the molecule is CC(C)CN(C[C@@H]1CN(Cc2ccccc2O)C[C@@H]1c1ccccc1)C(=O)c1ccccc1F. The average Bonchev–Trinajstić information content (AvgIpc) is 3.22. The molecule has 1 amide bonds. The molecule has 3 aromatic carbocycles. The molecule has 1 heterocycles. The van der Waals surface area contributed by atoms with E-state index in [1.807, 2.05) is 29.2 Å². The lowest BCUT2D eigenvalue weighted by Crippen LogP contribution is -2.40. The van der Waals surface area contributed by atoms with Crippen molar-refractivity contribution in [3.05, 3.63) is 101 Å². The van der Waals surface area contributed by atoms with Crippen molar-refractivity contribution in [2.45, 2.75) is 26.3 Å². The van der Waals surface area contributed by atoms with Crippen LogP contribution in [0, 0.1) is 17.7 Å². The fourth-order valence-electron chi connectivity index (χ4n) is 5.01. The minimum absolute atomic E-state index is 0.128. The lowest BCUT2D eigenvalue weighted by molar-refractivity contribution is 0.0698. The molecule has 0 aromatic heterocycles. The van der Waals surface area contributed by atoms with Gasteiger partial charge in [0, 0.05) is 44.2 Å². The standard InChI is InChI=1S/C29H33FN2O2/c1-21(2)16-32(29(34)25-13-7-8-14-27(25)30)19-24-18-31(17-23-12-6-9-15-28(23)33)20-26(24)22-10-4-3-5-11-22/h3-15,21,24,26,33H,16-20H2,1-2H3/t24-,26+/m0/s1. The summed E-state index contributed by atoms with van der Waals surface area (Å²) in [6.45, 7) is 7.58. The van der Waals surface area contributed by atoms with Gasteiger partial charge in [-0.3, -0.25) is 9.69 Å². The molecule has 0 radical (unpaired) electrons. The van der Waals surface area contributed by atoms with Gasteiger partial charge in [-0.15, -0.1) is 0 Å². The van der Waals surface area contributed by atoms with E-state index in [9.17, 15) is 14.3 Å². The van der Waals surface area contributed by atoms with Crippen LogP contribution in [0.5, 0.6) is 5.75 Å². The zero-order valence-corrected chi connectivity index (χ0v) is 19.9. The Balaban J connectivity index is 1.59. The van der Waals surface area contributed by atoms with Gasteiger partial charge in [-0.25, -0.2) is 4.39 Å². The van der Waals surface area contributed by atoms with Crippen LogP contribution in [0.3, 0.4) is 0 Å². The van der Waals surface area contributed by atoms with Crippen molar-refractivity contribution in [1.82, 2.24) is 9.80 Å². The molecule has 1 aliphatic heterocycles. The quantitative estimate of drug-likeness (QED) is 0.480. The van der Waals surface area contributed by atoms with Gasteiger partial charge in [0.15, 0.2) is 0 Å². The molecule has 1 aliphatic rings. The zero-order valence-electron chi connectivity index (χ0n) is 19.9. The lowest BCUT2D eigenvalue weighted by atomic mass is 9.88. The first-order valence-corrected chi connectivity index (χ1v) is 12.0. The molecule has 4 nitrogen and oxygen atoms in total. The van der Waals surface area contributed by atoms with Crippen molar-refractivity contribution in [2.75, 3.05) is 26.2 Å². The normalized spacial score (nSPS) is 18.4. The Morgan fingerprint density at radius 2 is 1.68 bits per heavy atom. The molecule has 34 heavy (non-hydrogen) atoms. The highest BCUT2D eigenvalue weighted by Crippen LogP contribution is 2.35. The number of hydrogen-bond acceptors (Lipinski definition) is 3. The van der Waals surface area contributed by atoms with E-state index < -0.39 is 5.82 Å². The number of phenols is 1. The van der Waals surface area contributed by atoms with Crippen molar-refractivity contribution >= 4 is 5.91 Å². The molecule has 1 N–H and O–H groups in total. The van der Waals surface area contributed by atoms with E-state index in [1.165, 1.54) is 11.6 Å². The van der Waals surface area contributed by atoms with Gasteiger partial charge in [0.05, 0.1) is 5.56 Å². The van der Waals surface area contributed by atoms with Gasteiger partial charge in [0.1, 0.15) is 11.6 Å². The van der Waals surface area contributed by atoms with E-state index in [-0.39, 0.29) is 29.2 Å². The van der Waals surface area contributed by atoms with Crippen molar-refractivity contribution < 1.29 is 14.3 Å². The smallest absolute Gasteiger partial charge is 0.256 e. The number of benzene rings is 3. The third-order valence-electron chi connectivity index (χ3n) is 6.56. The Hall–Kier alpha value is -3.18. The number of rotatable bonds is 8. The van der Waals surface area contributed by atoms with Gasteiger partial charge in [0.2, 0.25) is 0 Å². The van der Waals surface area contributed by atoms with Crippen LogP contribution in [-0.2, 0) is 6.54 Å². The summed E-state index contributed by atoms with van der Waals surface area (Å²) < 4.78 is 14.5. The highest BCUT2D eigenvalue weighted by Gasteiger charge is 2.36. The minimum atomic E-state index is -0.478. The number of halogens is 1. The Kier molecular flexibility index (Phi) is 7.63. The van der Waals surface area contributed by atoms with Crippen LogP contribution in [-0.4, -0.2) is 47.0 Å². The summed E-state index contributed by atoms with van der Waals surface area (Å²) in [7, 11) is 0. The predicted octanol–water partition coefficient (Wildman–Crippen LogP) is 5.55. The first-order chi connectivity index (χ1) is 16.4. The number of carbonyl (C=O) groups excluding carboxylic acids is 1. The van der Waals surface area contributed by atoms with Crippen LogP contribution >= 0.6 is 0 Å². The van der Waals surface area contributed by atoms with E-state index in [4.69, 9.17) is 0 Å². The van der Waals surface area contributed by atoms with Crippen molar-refractivity contribution in [3.8, 4) is 5.75 Å². The second-order valence-corrected chi connectivity index (χ2v) is 9.68. The van der Waals surface area contributed by atoms with Gasteiger partial charge >= 0.3 is 0 Å². The highest BCUT2D eigenvalue weighted by atomic mass is 19.1.